The summed E-state index contributed by atoms with van der Waals surface area (Å²) >= 11 is 3.43. The molecular weight excluding hydrogens is 311 g/mol. The molecule has 1 spiro atoms. The van der Waals surface area contributed by atoms with Gasteiger partial charge in [-0.25, -0.2) is 4.39 Å². The molecule has 1 saturated carbocycles. The molecule has 1 aromatic carbocycles. The zero-order valence-corrected chi connectivity index (χ0v) is 11.8. The number of aromatic hydroxyl groups is 1. The molecule has 2 atom stereocenters. The minimum Gasteiger partial charge on any atom is -0.505 e. The van der Waals surface area contributed by atoms with E-state index in [-0.39, 0.29) is 22.9 Å². The van der Waals surface area contributed by atoms with Gasteiger partial charge in [0, 0.05) is 16.9 Å². The maximum Gasteiger partial charge on any atom is 0.173 e. The first-order valence-corrected chi connectivity index (χ1v) is 7.28. The van der Waals surface area contributed by atoms with E-state index in [1.807, 2.05) is 0 Å². The average molecular weight is 323 g/mol. The van der Waals surface area contributed by atoms with Crippen molar-refractivity contribution in [3.05, 3.63) is 33.6 Å². The average Bonchev–Trinajstić information content (AvgIpc) is 2.93. The molecule has 0 amide bonds. The molecule has 4 heteroatoms. The van der Waals surface area contributed by atoms with Crippen LogP contribution in [0.1, 0.15) is 30.4 Å². The summed E-state index contributed by atoms with van der Waals surface area (Å²) in [5.74, 6) is -0.579. The topological polar surface area (TPSA) is 37.3 Å². The number of halogens is 2. The van der Waals surface area contributed by atoms with Crippen molar-refractivity contribution in [1.29, 1.82) is 0 Å². The summed E-state index contributed by atoms with van der Waals surface area (Å²) in [5.41, 5.74) is 2.26. The number of carbonyl (C=O) groups excluding carboxylic acids is 1. The molecule has 2 bridgehead atoms. The van der Waals surface area contributed by atoms with E-state index in [9.17, 15) is 14.3 Å². The number of hydrogen-bond acceptors (Lipinski definition) is 2. The summed E-state index contributed by atoms with van der Waals surface area (Å²) in [6, 6.07) is 3.12. The van der Waals surface area contributed by atoms with Gasteiger partial charge in [-0.1, -0.05) is 6.07 Å². The molecule has 0 radical (unpaired) electrons. The summed E-state index contributed by atoms with van der Waals surface area (Å²) < 4.78 is 14.7. The second-order valence-corrected chi connectivity index (χ2v) is 6.67. The van der Waals surface area contributed by atoms with Gasteiger partial charge in [-0.2, -0.15) is 0 Å². The second kappa shape index (κ2) is 3.48. The van der Waals surface area contributed by atoms with Crippen LogP contribution in [-0.2, 0) is 11.2 Å². The highest BCUT2D eigenvalue weighted by atomic mass is 79.9. The number of phenolic OH excluding ortho intramolecular Hbond substituents is 1. The van der Waals surface area contributed by atoms with Crippen molar-refractivity contribution in [1.82, 2.24) is 0 Å². The molecule has 2 nitrogen and oxygen atoms in total. The molecule has 1 aromatic rings. The van der Waals surface area contributed by atoms with Crippen LogP contribution in [0.15, 0.2) is 16.6 Å². The van der Waals surface area contributed by atoms with Crippen molar-refractivity contribution < 1.29 is 14.3 Å². The number of rotatable bonds is 0. The molecular formula is C15H12BrFO2. The molecule has 0 heterocycles. The van der Waals surface area contributed by atoms with Crippen molar-refractivity contribution in [3.8, 4) is 5.75 Å². The predicted octanol–water partition coefficient (Wildman–Crippen LogP) is 3.56. The summed E-state index contributed by atoms with van der Waals surface area (Å²) in [4.78, 5) is 12.2. The van der Waals surface area contributed by atoms with Crippen LogP contribution in [0.3, 0.4) is 0 Å². The molecule has 1 N–H and O–H groups in total. The lowest BCUT2D eigenvalue weighted by Crippen LogP contribution is -2.25. The molecule has 98 valence electrons. The Kier molecular flexibility index (Phi) is 2.13. The van der Waals surface area contributed by atoms with Gasteiger partial charge in [-0.3, -0.25) is 4.79 Å². The van der Waals surface area contributed by atoms with E-state index < -0.39 is 5.82 Å². The van der Waals surface area contributed by atoms with Crippen molar-refractivity contribution >= 4 is 27.3 Å². The van der Waals surface area contributed by atoms with Crippen LogP contribution in [0.4, 0.5) is 4.39 Å². The predicted molar refractivity (Wildman–Crippen MR) is 72.4 cm³/mol. The Morgan fingerprint density at radius 2 is 2.21 bits per heavy atom. The third-order valence-corrected chi connectivity index (χ3v) is 5.74. The lowest BCUT2D eigenvalue weighted by molar-refractivity contribution is -0.118. The van der Waals surface area contributed by atoms with Crippen molar-refractivity contribution in [2.75, 3.05) is 0 Å². The number of hydrogen-bond donors (Lipinski definition) is 1. The molecule has 1 fully saturated rings. The van der Waals surface area contributed by atoms with E-state index >= 15 is 0 Å². The van der Waals surface area contributed by atoms with E-state index in [2.05, 4.69) is 15.9 Å². The Labute approximate surface area is 118 Å². The quantitative estimate of drug-likeness (QED) is 0.793. The van der Waals surface area contributed by atoms with Crippen LogP contribution in [0, 0.1) is 17.2 Å². The van der Waals surface area contributed by atoms with Crippen LogP contribution in [0.25, 0.3) is 5.57 Å². The number of benzene rings is 1. The third-order valence-electron chi connectivity index (χ3n) is 4.95. The second-order valence-electron chi connectivity index (χ2n) is 5.87. The number of phenols is 1. The fourth-order valence-corrected chi connectivity index (χ4v) is 5.08. The van der Waals surface area contributed by atoms with Crippen LogP contribution in [-0.4, -0.2) is 10.9 Å². The van der Waals surface area contributed by atoms with Gasteiger partial charge in [-0.15, -0.1) is 0 Å². The van der Waals surface area contributed by atoms with Gasteiger partial charge >= 0.3 is 0 Å². The first-order chi connectivity index (χ1) is 9.03. The monoisotopic (exact) mass is 322 g/mol. The molecule has 0 aromatic heterocycles. The number of fused-ring (bicyclic) bond motifs is 3. The SMILES string of the molecule is O=C1C(Br)=C2c3ccc(O)c(F)c3CC23CCC1C3. The Morgan fingerprint density at radius 3 is 3.00 bits per heavy atom. The lowest BCUT2D eigenvalue weighted by atomic mass is 9.74. The van der Waals surface area contributed by atoms with Crippen LogP contribution in [0.5, 0.6) is 5.75 Å². The van der Waals surface area contributed by atoms with Gasteiger partial charge in [0.25, 0.3) is 0 Å². The summed E-state index contributed by atoms with van der Waals surface area (Å²) in [5, 5.41) is 9.53. The van der Waals surface area contributed by atoms with E-state index in [4.69, 9.17) is 0 Å². The Hall–Kier alpha value is -1.16. The highest BCUT2D eigenvalue weighted by Gasteiger charge is 2.54. The van der Waals surface area contributed by atoms with Crippen LogP contribution < -0.4 is 0 Å². The minimum atomic E-state index is -0.523. The fourth-order valence-electron chi connectivity index (χ4n) is 4.12. The van der Waals surface area contributed by atoms with Crippen LogP contribution >= 0.6 is 15.9 Å². The smallest absolute Gasteiger partial charge is 0.173 e. The maximum absolute atomic E-state index is 14.1. The van der Waals surface area contributed by atoms with Gasteiger partial charge in [0.2, 0.25) is 0 Å². The highest BCUT2D eigenvalue weighted by Crippen LogP contribution is 2.63. The standard InChI is InChI=1S/C15H12BrFO2/c16-12-11-8-1-2-10(18)13(17)9(8)6-15(11)4-3-7(5-15)14(12)19/h1-2,7,18H,3-6H2. The summed E-state index contributed by atoms with van der Waals surface area (Å²) in [6.07, 6.45) is 3.25. The lowest BCUT2D eigenvalue weighted by Gasteiger charge is -2.30. The number of Topliss-reactive ketones (excluding diaryl/α,β-unsaturated/α-hetero) is 1. The van der Waals surface area contributed by atoms with Gasteiger partial charge in [0.15, 0.2) is 17.3 Å². The summed E-state index contributed by atoms with van der Waals surface area (Å²) in [7, 11) is 0. The minimum absolute atomic E-state index is 0.0871. The molecule has 2 unspecified atom stereocenters. The normalized spacial score (nSPS) is 31.7. The van der Waals surface area contributed by atoms with E-state index in [0.29, 0.717) is 16.5 Å². The molecule has 0 saturated heterocycles. The Bertz CT molecular complexity index is 664. The van der Waals surface area contributed by atoms with Gasteiger partial charge in [0.1, 0.15) is 0 Å². The molecule has 3 aliphatic rings. The van der Waals surface area contributed by atoms with Crippen molar-refractivity contribution in [2.24, 2.45) is 11.3 Å². The van der Waals surface area contributed by atoms with Crippen LogP contribution in [0.2, 0.25) is 0 Å². The zero-order chi connectivity index (χ0) is 13.4. The third kappa shape index (κ3) is 1.28. The Morgan fingerprint density at radius 1 is 1.42 bits per heavy atom. The molecule has 0 aliphatic heterocycles. The summed E-state index contributed by atoms with van der Waals surface area (Å²) in [6.45, 7) is 0. The first kappa shape index (κ1) is 11.6. The van der Waals surface area contributed by atoms with Crippen molar-refractivity contribution in [2.45, 2.75) is 25.7 Å². The fraction of sp³-hybridized carbons (Fsp3) is 0.400. The molecule has 3 aliphatic carbocycles. The number of allylic oxidation sites excluding steroid dienone is 2. The number of ketones is 1. The number of carbonyl (C=O) groups is 1. The zero-order valence-electron chi connectivity index (χ0n) is 10.2. The van der Waals surface area contributed by atoms with E-state index in [0.717, 1.165) is 30.4 Å². The Balaban J connectivity index is 2.03. The van der Waals surface area contributed by atoms with Gasteiger partial charge in [0.05, 0.1) is 4.48 Å². The van der Waals surface area contributed by atoms with E-state index in [1.165, 1.54) is 6.07 Å². The van der Waals surface area contributed by atoms with Gasteiger partial charge in [-0.05, 0) is 58.8 Å². The molecule has 4 rings (SSSR count). The molecule has 19 heavy (non-hydrogen) atoms. The van der Waals surface area contributed by atoms with Crippen molar-refractivity contribution in [3.63, 3.8) is 0 Å². The van der Waals surface area contributed by atoms with E-state index in [1.54, 1.807) is 6.07 Å². The van der Waals surface area contributed by atoms with Gasteiger partial charge < -0.3 is 5.11 Å². The highest BCUT2D eigenvalue weighted by molar-refractivity contribution is 9.12. The largest absolute Gasteiger partial charge is 0.505 e. The maximum atomic E-state index is 14.1. The first-order valence-electron chi connectivity index (χ1n) is 6.49.